The largest absolute Gasteiger partial charge is 0.390 e. The first-order chi connectivity index (χ1) is 7.38. The first-order valence-corrected chi connectivity index (χ1v) is 5.71. The van der Waals surface area contributed by atoms with Crippen LogP contribution < -0.4 is 5.32 Å². The molecule has 1 aromatic carbocycles. The standard InChI is InChI=1S/C11H13BrF3N/c1-8(6-11(13,14)15)16-7-9-4-2-3-5-10(9)12/h2-5,8,16H,6-7H2,1H3. The second kappa shape index (κ2) is 5.68. The summed E-state index contributed by atoms with van der Waals surface area (Å²) in [5.74, 6) is 0. The highest BCUT2D eigenvalue weighted by molar-refractivity contribution is 9.10. The maximum absolute atomic E-state index is 12.1. The van der Waals surface area contributed by atoms with Crippen molar-refractivity contribution in [3.05, 3.63) is 34.3 Å². The van der Waals surface area contributed by atoms with E-state index in [2.05, 4.69) is 21.2 Å². The van der Waals surface area contributed by atoms with Gasteiger partial charge in [-0.2, -0.15) is 13.2 Å². The Kier molecular flexibility index (Phi) is 4.80. The number of halogens is 4. The third-order valence-corrected chi connectivity index (χ3v) is 2.91. The van der Waals surface area contributed by atoms with Crippen LogP contribution >= 0.6 is 15.9 Å². The van der Waals surface area contributed by atoms with Crippen molar-refractivity contribution < 1.29 is 13.2 Å². The Morgan fingerprint density at radius 3 is 2.50 bits per heavy atom. The van der Waals surface area contributed by atoms with Gasteiger partial charge < -0.3 is 5.32 Å². The fraction of sp³-hybridized carbons (Fsp3) is 0.455. The smallest absolute Gasteiger partial charge is 0.310 e. The molecule has 0 heterocycles. The lowest BCUT2D eigenvalue weighted by Crippen LogP contribution is -2.30. The molecule has 0 bridgehead atoms. The van der Waals surface area contributed by atoms with E-state index in [1.165, 1.54) is 6.92 Å². The van der Waals surface area contributed by atoms with E-state index >= 15 is 0 Å². The van der Waals surface area contributed by atoms with Crippen LogP contribution in [-0.2, 0) is 6.54 Å². The Bertz CT molecular complexity index is 338. The van der Waals surface area contributed by atoms with Crippen molar-refractivity contribution in [3.8, 4) is 0 Å². The summed E-state index contributed by atoms with van der Waals surface area (Å²) >= 11 is 3.35. The Morgan fingerprint density at radius 2 is 1.94 bits per heavy atom. The van der Waals surface area contributed by atoms with Gasteiger partial charge in [-0.3, -0.25) is 0 Å². The van der Waals surface area contributed by atoms with Crippen molar-refractivity contribution in [1.82, 2.24) is 5.32 Å². The molecule has 0 spiro atoms. The van der Waals surface area contributed by atoms with Gasteiger partial charge >= 0.3 is 6.18 Å². The lowest BCUT2D eigenvalue weighted by molar-refractivity contribution is -0.139. The number of hydrogen-bond donors (Lipinski definition) is 1. The molecule has 1 nitrogen and oxygen atoms in total. The first-order valence-electron chi connectivity index (χ1n) is 4.92. The van der Waals surface area contributed by atoms with Gasteiger partial charge in [-0.15, -0.1) is 0 Å². The second-order valence-electron chi connectivity index (χ2n) is 3.69. The molecule has 0 aliphatic rings. The minimum Gasteiger partial charge on any atom is -0.310 e. The van der Waals surface area contributed by atoms with Crippen LogP contribution in [0.1, 0.15) is 18.9 Å². The summed E-state index contributed by atoms with van der Waals surface area (Å²) in [6.45, 7) is 1.96. The van der Waals surface area contributed by atoms with Gasteiger partial charge in [-0.05, 0) is 18.6 Å². The summed E-state index contributed by atoms with van der Waals surface area (Å²) in [4.78, 5) is 0. The monoisotopic (exact) mass is 295 g/mol. The van der Waals surface area contributed by atoms with Gasteiger partial charge in [0.2, 0.25) is 0 Å². The molecule has 1 unspecified atom stereocenters. The van der Waals surface area contributed by atoms with Crippen molar-refractivity contribution in [3.63, 3.8) is 0 Å². The van der Waals surface area contributed by atoms with Crippen LogP contribution in [0.4, 0.5) is 13.2 Å². The van der Waals surface area contributed by atoms with Crippen LogP contribution in [0.5, 0.6) is 0 Å². The summed E-state index contributed by atoms with van der Waals surface area (Å²) in [5, 5.41) is 2.85. The summed E-state index contributed by atoms with van der Waals surface area (Å²) in [7, 11) is 0. The molecule has 0 radical (unpaired) electrons. The topological polar surface area (TPSA) is 12.0 Å². The van der Waals surface area contributed by atoms with Crippen molar-refractivity contribution in [2.45, 2.75) is 32.1 Å². The average Bonchev–Trinajstić information content (AvgIpc) is 2.14. The molecule has 0 amide bonds. The number of benzene rings is 1. The molecule has 1 aromatic rings. The molecular formula is C11H13BrF3N. The zero-order chi connectivity index (χ0) is 12.2. The molecule has 1 atom stereocenters. The van der Waals surface area contributed by atoms with E-state index in [4.69, 9.17) is 0 Å². The molecule has 0 fully saturated rings. The van der Waals surface area contributed by atoms with E-state index < -0.39 is 18.6 Å². The molecule has 1 rings (SSSR count). The zero-order valence-corrected chi connectivity index (χ0v) is 10.4. The fourth-order valence-corrected chi connectivity index (χ4v) is 1.77. The van der Waals surface area contributed by atoms with Gasteiger partial charge in [0, 0.05) is 17.1 Å². The van der Waals surface area contributed by atoms with Gasteiger partial charge in [0.05, 0.1) is 6.42 Å². The maximum Gasteiger partial charge on any atom is 0.390 e. The first kappa shape index (κ1) is 13.5. The van der Waals surface area contributed by atoms with Crippen LogP contribution in [0.25, 0.3) is 0 Å². The van der Waals surface area contributed by atoms with E-state index in [0.717, 1.165) is 10.0 Å². The van der Waals surface area contributed by atoms with E-state index in [-0.39, 0.29) is 0 Å². The minimum atomic E-state index is -4.11. The normalized spacial score (nSPS) is 13.8. The van der Waals surface area contributed by atoms with E-state index in [9.17, 15) is 13.2 Å². The van der Waals surface area contributed by atoms with E-state index in [1.54, 1.807) is 0 Å². The average molecular weight is 296 g/mol. The molecular weight excluding hydrogens is 283 g/mol. The van der Waals surface area contributed by atoms with Gasteiger partial charge in [-0.1, -0.05) is 34.1 Å². The number of nitrogens with one attached hydrogen (secondary N) is 1. The molecule has 0 aliphatic heterocycles. The molecule has 5 heteroatoms. The van der Waals surface area contributed by atoms with Gasteiger partial charge in [0.15, 0.2) is 0 Å². The highest BCUT2D eigenvalue weighted by Crippen LogP contribution is 2.22. The minimum absolute atomic E-state index is 0.429. The highest BCUT2D eigenvalue weighted by atomic mass is 79.9. The van der Waals surface area contributed by atoms with Crippen LogP contribution in [0.2, 0.25) is 0 Å². The maximum atomic E-state index is 12.1. The van der Waals surface area contributed by atoms with Gasteiger partial charge in [-0.25, -0.2) is 0 Å². The second-order valence-corrected chi connectivity index (χ2v) is 4.55. The number of rotatable bonds is 4. The molecule has 0 aromatic heterocycles. The summed E-state index contributed by atoms with van der Waals surface area (Å²) < 4.78 is 37.1. The fourth-order valence-electron chi connectivity index (χ4n) is 1.35. The predicted molar refractivity (Wildman–Crippen MR) is 61.1 cm³/mol. The summed E-state index contributed by atoms with van der Waals surface area (Å²) in [6.07, 6.45) is -4.92. The molecule has 0 aliphatic carbocycles. The van der Waals surface area contributed by atoms with Crippen molar-refractivity contribution >= 4 is 15.9 Å². The molecule has 1 N–H and O–H groups in total. The highest BCUT2D eigenvalue weighted by Gasteiger charge is 2.29. The third kappa shape index (κ3) is 4.99. The Morgan fingerprint density at radius 1 is 1.31 bits per heavy atom. The van der Waals surface area contributed by atoms with Crippen molar-refractivity contribution in [2.24, 2.45) is 0 Å². The van der Waals surface area contributed by atoms with Crippen LogP contribution in [-0.4, -0.2) is 12.2 Å². The lowest BCUT2D eigenvalue weighted by atomic mass is 10.2. The zero-order valence-electron chi connectivity index (χ0n) is 8.81. The molecule has 0 saturated heterocycles. The molecule has 0 saturated carbocycles. The Balaban J connectivity index is 2.43. The SMILES string of the molecule is CC(CC(F)(F)F)NCc1ccccc1Br. The number of hydrogen-bond acceptors (Lipinski definition) is 1. The van der Waals surface area contributed by atoms with Crippen LogP contribution in [0, 0.1) is 0 Å². The van der Waals surface area contributed by atoms with Crippen LogP contribution in [0.3, 0.4) is 0 Å². The Labute approximate surface area is 101 Å². The van der Waals surface area contributed by atoms with Gasteiger partial charge in [0.25, 0.3) is 0 Å². The molecule has 90 valence electrons. The van der Waals surface area contributed by atoms with Gasteiger partial charge in [0.1, 0.15) is 0 Å². The summed E-state index contributed by atoms with van der Waals surface area (Å²) in [6, 6.07) is 6.89. The van der Waals surface area contributed by atoms with Crippen molar-refractivity contribution in [1.29, 1.82) is 0 Å². The lowest BCUT2D eigenvalue weighted by Gasteiger charge is -2.16. The third-order valence-electron chi connectivity index (χ3n) is 2.14. The Hall–Kier alpha value is -0.550. The number of alkyl halides is 3. The summed E-state index contributed by atoms with van der Waals surface area (Å²) in [5.41, 5.74) is 0.955. The predicted octanol–water partition coefficient (Wildman–Crippen LogP) is 3.88. The van der Waals surface area contributed by atoms with E-state index in [0.29, 0.717) is 6.54 Å². The van der Waals surface area contributed by atoms with Crippen LogP contribution in [0.15, 0.2) is 28.7 Å². The van der Waals surface area contributed by atoms with E-state index in [1.807, 2.05) is 24.3 Å². The molecule has 16 heavy (non-hydrogen) atoms. The quantitative estimate of drug-likeness (QED) is 0.889. The van der Waals surface area contributed by atoms with Crippen molar-refractivity contribution in [2.75, 3.05) is 0 Å².